The van der Waals surface area contributed by atoms with Gasteiger partial charge in [-0.1, -0.05) is 0 Å². The minimum absolute atomic E-state index is 0.000165. The third-order valence-corrected chi connectivity index (χ3v) is 4.80. The third-order valence-electron chi connectivity index (χ3n) is 4.80. The Labute approximate surface area is 143 Å². The summed E-state index contributed by atoms with van der Waals surface area (Å²) in [6, 6.07) is 4.51. The molecule has 2 N–H and O–H groups in total. The van der Waals surface area contributed by atoms with Crippen LogP contribution in [0.5, 0.6) is 5.75 Å². The summed E-state index contributed by atoms with van der Waals surface area (Å²) < 4.78 is 5.23. The summed E-state index contributed by atoms with van der Waals surface area (Å²) in [6.45, 7) is 2.50. The van der Waals surface area contributed by atoms with Crippen LogP contribution in [0.4, 0.5) is 0 Å². The number of aryl methyl sites for hydroxylation is 1. The van der Waals surface area contributed by atoms with Gasteiger partial charge in [0.15, 0.2) is 0 Å². The van der Waals surface area contributed by atoms with Crippen molar-refractivity contribution in [2.24, 2.45) is 5.92 Å². The first-order valence-electron chi connectivity index (χ1n) is 8.12. The molecule has 7 nitrogen and oxygen atoms in total. The largest absolute Gasteiger partial charge is 0.508 e. The minimum atomic E-state index is -0.832. The number of piperidine rings is 1. The molecule has 1 aliphatic rings. The summed E-state index contributed by atoms with van der Waals surface area (Å²) in [6.07, 6.45) is 0.764. The van der Waals surface area contributed by atoms with Crippen molar-refractivity contribution in [3.05, 3.63) is 39.7 Å². The van der Waals surface area contributed by atoms with E-state index in [9.17, 15) is 19.5 Å². The van der Waals surface area contributed by atoms with E-state index in [1.54, 1.807) is 17.9 Å². The second-order valence-corrected chi connectivity index (χ2v) is 6.34. The lowest BCUT2D eigenvalue weighted by atomic mass is 9.96. The van der Waals surface area contributed by atoms with Gasteiger partial charge in [0, 0.05) is 24.5 Å². The maximum atomic E-state index is 12.5. The summed E-state index contributed by atoms with van der Waals surface area (Å²) in [7, 11) is 0. The lowest BCUT2D eigenvalue weighted by Gasteiger charge is -2.30. The molecule has 2 heterocycles. The lowest BCUT2D eigenvalue weighted by molar-refractivity contribution is -0.145. The molecule has 1 aliphatic heterocycles. The van der Waals surface area contributed by atoms with Gasteiger partial charge in [0.1, 0.15) is 11.3 Å². The Morgan fingerprint density at radius 3 is 2.60 bits per heavy atom. The van der Waals surface area contributed by atoms with E-state index in [1.165, 1.54) is 12.1 Å². The molecule has 7 heteroatoms. The van der Waals surface area contributed by atoms with E-state index >= 15 is 0 Å². The molecule has 0 bridgehead atoms. The van der Waals surface area contributed by atoms with Crippen molar-refractivity contribution < 1.29 is 24.2 Å². The van der Waals surface area contributed by atoms with Crippen molar-refractivity contribution in [2.75, 3.05) is 13.1 Å². The molecule has 132 valence electrons. The van der Waals surface area contributed by atoms with Crippen molar-refractivity contribution in [1.29, 1.82) is 0 Å². The van der Waals surface area contributed by atoms with Crippen LogP contribution in [0.15, 0.2) is 27.4 Å². The minimum Gasteiger partial charge on any atom is -0.508 e. The third kappa shape index (κ3) is 3.35. The number of carboxylic acid groups (broad SMARTS) is 1. The van der Waals surface area contributed by atoms with E-state index < -0.39 is 17.5 Å². The predicted octanol–water partition coefficient (Wildman–Crippen LogP) is 1.67. The number of phenols is 1. The van der Waals surface area contributed by atoms with Gasteiger partial charge in [0.25, 0.3) is 0 Å². The number of hydrogen-bond donors (Lipinski definition) is 2. The van der Waals surface area contributed by atoms with E-state index in [2.05, 4.69) is 0 Å². The molecule has 1 aromatic heterocycles. The van der Waals surface area contributed by atoms with Crippen LogP contribution in [-0.2, 0) is 16.0 Å². The molecule has 1 aromatic carbocycles. The quantitative estimate of drug-likeness (QED) is 0.819. The zero-order valence-electron chi connectivity index (χ0n) is 13.8. The Morgan fingerprint density at radius 2 is 1.96 bits per heavy atom. The number of carboxylic acids is 1. The summed E-state index contributed by atoms with van der Waals surface area (Å²) in [4.78, 5) is 37.3. The fourth-order valence-corrected chi connectivity index (χ4v) is 3.23. The number of aromatic hydroxyl groups is 1. The number of carbonyl (C=O) groups excluding carboxylic acids is 1. The van der Waals surface area contributed by atoms with Gasteiger partial charge >= 0.3 is 11.6 Å². The molecule has 0 spiro atoms. The van der Waals surface area contributed by atoms with Crippen molar-refractivity contribution in [1.82, 2.24) is 4.90 Å². The van der Waals surface area contributed by atoms with Crippen LogP contribution >= 0.6 is 0 Å². The smallest absolute Gasteiger partial charge is 0.340 e. The van der Waals surface area contributed by atoms with Gasteiger partial charge in [-0.15, -0.1) is 0 Å². The van der Waals surface area contributed by atoms with Gasteiger partial charge in [-0.25, -0.2) is 4.79 Å². The van der Waals surface area contributed by atoms with Crippen LogP contribution in [0.2, 0.25) is 0 Å². The molecular formula is C18H19NO6. The molecule has 3 rings (SSSR count). The van der Waals surface area contributed by atoms with Crippen LogP contribution in [0.25, 0.3) is 11.0 Å². The number of phenolic OH excluding ortho intramolecular Hbond substituents is 1. The van der Waals surface area contributed by atoms with Gasteiger partial charge < -0.3 is 19.5 Å². The normalized spacial score (nSPS) is 15.5. The fourth-order valence-electron chi connectivity index (χ4n) is 3.23. The van der Waals surface area contributed by atoms with Crippen LogP contribution < -0.4 is 5.63 Å². The first-order valence-corrected chi connectivity index (χ1v) is 8.12. The number of nitrogens with zero attached hydrogens (tertiary/aromatic N) is 1. The maximum absolute atomic E-state index is 12.5. The van der Waals surface area contributed by atoms with Crippen LogP contribution in [-0.4, -0.2) is 40.1 Å². The molecule has 1 fully saturated rings. The highest BCUT2D eigenvalue weighted by atomic mass is 16.4. The summed E-state index contributed by atoms with van der Waals surface area (Å²) in [5.74, 6) is -1.46. The van der Waals surface area contributed by atoms with Crippen LogP contribution in [0.3, 0.4) is 0 Å². The van der Waals surface area contributed by atoms with E-state index in [0.717, 1.165) is 0 Å². The molecule has 25 heavy (non-hydrogen) atoms. The molecule has 1 amide bonds. The highest BCUT2D eigenvalue weighted by molar-refractivity contribution is 5.85. The Kier molecular flexibility index (Phi) is 4.48. The van der Waals surface area contributed by atoms with Gasteiger partial charge in [-0.05, 0) is 37.5 Å². The molecular weight excluding hydrogens is 326 g/mol. The molecule has 1 saturated heterocycles. The topological polar surface area (TPSA) is 108 Å². The predicted molar refractivity (Wildman–Crippen MR) is 89.5 cm³/mol. The van der Waals surface area contributed by atoms with Crippen LogP contribution in [0, 0.1) is 12.8 Å². The number of hydrogen-bond acceptors (Lipinski definition) is 5. The highest BCUT2D eigenvalue weighted by Gasteiger charge is 2.27. The number of aliphatic carboxylic acids is 1. The maximum Gasteiger partial charge on any atom is 0.340 e. The van der Waals surface area contributed by atoms with Gasteiger partial charge in [-0.3, -0.25) is 9.59 Å². The van der Waals surface area contributed by atoms with Gasteiger partial charge in [-0.2, -0.15) is 0 Å². The van der Waals surface area contributed by atoms with Gasteiger partial charge in [0.2, 0.25) is 5.91 Å². The van der Waals surface area contributed by atoms with E-state index in [0.29, 0.717) is 42.4 Å². The fraction of sp³-hybridized carbons (Fsp3) is 0.389. The van der Waals surface area contributed by atoms with Crippen molar-refractivity contribution >= 4 is 22.8 Å². The number of rotatable bonds is 3. The Bertz CT molecular complexity index is 892. The Hall–Kier alpha value is -2.83. The number of fused-ring (bicyclic) bond motifs is 1. The zero-order chi connectivity index (χ0) is 18.1. The van der Waals surface area contributed by atoms with Crippen LogP contribution in [0.1, 0.15) is 24.0 Å². The average molecular weight is 345 g/mol. The first-order chi connectivity index (χ1) is 11.9. The van der Waals surface area contributed by atoms with E-state index in [1.807, 2.05) is 0 Å². The standard InChI is InChI=1S/C18H19NO6/c1-10-13-3-2-12(20)8-15(13)25-18(24)14(10)9-16(21)19-6-4-11(5-7-19)17(22)23/h2-3,8,11,20H,4-7,9H2,1H3,(H,22,23). The van der Waals surface area contributed by atoms with Gasteiger partial charge in [0.05, 0.1) is 17.9 Å². The van der Waals surface area contributed by atoms with Crippen molar-refractivity contribution in [3.8, 4) is 5.75 Å². The SMILES string of the molecule is Cc1c(CC(=O)N2CCC(C(=O)O)CC2)c(=O)oc2cc(O)ccc12. The number of carbonyl (C=O) groups is 2. The molecule has 0 aliphatic carbocycles. The monoisotopic (exact) mass is 345 g/mol. The second kappa shape index (κ2) is 6.58. The molecule has 2 aromatic rings. The lowest BCUT2D eigenvalue weighted by Crippen LogP contribution is -2.41. The second-order valence-electron chi connectivity index (χ2n) is 6.34. The zero-order valence-corrected chi connectivity index (χ0v) is 13.8. The summed E-state index contributed by atoms with van der Waals surface area (Å²) in [5.41, 5.74) is 0.633. The molecule has 0 radical (unpaired) electrons. The Morgan fingerprint density at radius 1 is 1.28 bits per heavy atom. The summed E-state index contributed by atoms with van der Waals surface area (Å²) >= 11 is 0. The average Bonchev–Trinajstić information content (AvgIpc) is 2.58. The Balaban J connectivity index is 1.81. The number of likely N-dealkylation sites (tertiary alicyclic amines) is 1. The molecule has 0 unspecified atom stereocenters. The van der Waals surface area contributed by atoms with Crippen molar-refractivity contribution in [3.63, 3.8) is 0 Å². The van der Waals surface area contributed by atoms with E-state index in [-0.39, 0.29) is 23.7 Å². The van der Waals surface area contributed by atoms with Crippen molar-refractivity contribution in [2.45, 2.75) is 26.2 Å². The molecule has 0 saturated carbocycles. The summed E-state index contributed by atoms with van der Waals surface area (Å²) in [5, 5.41) is 19.2. The highest BCUT2D eigenvalue weighted by Crippen LogP contribution is 2.24. The number of amides is 1. The number of benzene rings is 1. The first kappa shape index (κ1) is 17.0. The molecule has 0 atom stereocenters. The van der Waals surface area contributed by atoms with E-state index in [4.69, 9.17) is 9.52 Å².